The molecule has 9 heteroatoms. The lowest BCUT2D eigenvalue weighted by Crippen LogP contribution is -2.25. The fourth-order valence-electron chi connectivity index (χ4n) is 2.62. The molecular formula is C15H9ClN2O6. The quantitative estimate of drug-likeness (QED) is 0.410. The second-order valence-electron chi connectivity index (χ2n) is 4.87. The van der Waals surface area contributed by atoms with Gasteiger partial charge in [0, 0.05) is 17.2 Å². The highest BCUT2D eigenvalue weighted by atomic mass is 35.5. The molecule has 0 saturated carbocycles. The van der Waals surface area contributed by atoms with Gasteiger partial charge in [0.05, 0.1) is 21.7 Å². The fourth-order valence-corrected chi connectivity index (χ4v) is 2.62. The number of benzene rings is 2. The van der Waals surface area contributed by atoms with Crippen molar-refractivity contribution in [3.8, 4) is 0 Å². The van der Waals surface area contributed by atoms with Gasteiger partial charge < -0.3 is 10.8 Å². The summed E-state index contributed by atoms with van der Waals surface area (Å²) in [7, 11) is 0. The summed E-state index contributed by atoms with van der Waals surface area (Å²) in [6.45, 7) is 0. The van der Waals surface area contributed by atoms with Crippen LogP contribution in [0.1, 0.15) is 42.2 Å². The van der Waals surface area contributed by atoms with Crippen molar-refractivity contribution < 1.29 is 24.4 Å². The SMILES string of the molecule is Cl.Nc1c(C(=O)O)cc([N+](=O)[O-])c2c1C(=O)c1ccccc1C2=O. The van der Waals surface area contributed by atoms with Crippen LogP contribution in [0.15, 0.2) is 30.3 Å². The Morgan fingerprint density at radius 2 is 1.58 bits per heavy atom. The molecule has 0 heterocycles. The molecule has 0 unspecified atom stereocenters. The van der Waals surface area contributed by atoms with Gasteiger partial charge >= 0.3 is 5.97 Å². The van der Waals surface area contributed by atoms with Gasteiger partial charge in [0.15, 0.2) is 5.78 Å². The first-order valence-corrected chi connectivity index (χ1v) is 6.37. The van der Waals surface area contributed by atoms with Crippen LogP contribution in [-0.2, 0) is 0 Å². The van der Waals surface area contributed by atoms with E-state index >= 15 is 0 Å². The van der Waals surface area contributed by atoms with Crippen LogP contribution in [0, 0.1) is 10.1 Å². The van der Waals surface area contributed by atoms with Gasteiger partial charge in [0.25, 0.3) is 5.69 Å². The van der Waals surface area contributed by atoms with Gasteiger partial charge in [0.1, 0.15) is 5.56 Å². The molecule has 2 aromatic rings. The maximum Gasteiger partial charge on any atom is 0.338 e. The zero-order valence-electron chi connectivity index (χ0n) is 11.8. The molecule has 0 amide bonds. The summed E-state index contributed by atoms with van der Waals surface area (Å²) in [6.07, 6.45) is 0. The van der Waals surface area contributed by atoms with Crippen LogP contribution in [-0.4, -0.2) is 27.6 Å². The summed E-state index contributed by atoms with van der Waals surface area (Å²) < 4.78 is 0. The van der Waals surface area contributed by atoms with Gasteiger partial charge in [-0.15, -0.1) is 12.4 Å². The average molecular weight is 349 g/mol. The molecule has 0 saturated heterocycles. The number of hydrogen-bond acceptors (Lipinski definition) is 6. The van der Waals surface area contributed by atoms with E-state index in [1.165, 1.54) is 24.3 Å². The molecule has 0 aromatic heterocycles. The van der Waals surface area contributed by atoms with Crippen molar-refractivity contribution in [2.24, 2.45) is 0 Å². The summed E-state index contributed by atoms with van der Waals surface area (Å²) >= 11 is 0. The number of nitrogens with zero attached hydrogens (tertiary/aromatic N) is 1. The zero-order chi connectivity index (χ0) is 16.9. The number of carboxylic acid groups (broad SMARTS) is 1. The molecular weight excluding hydrogens is 340 g/mol. The van der Waals surface area contributed by atoms with Gasteiger partial charge in [-0.25, -0.2) is 4.79 Å². The number of carboxylic acids is 1. The first-order chi connectivity index (χ1) is 10.8. The molecule has 0 atom stereocenters. The van der Waals surface area contributed by atoms with E-state index in [2.05, 4.69) is 0 Å². The molecule has 1 aliphatic rings. The van der Waals surface area contributed by atoms with E-state index in [1.807, 2.05) is 0 Å². The van der Waals surface area contributed by atoms with E-state index < -0.39 is 50.5 Å². The van der Waals surface area contributed by atoms with Gasteiger partial charge in [0.2, 0.25) is 5.78 Å². The minimum absolute atomic E-state index is 0. The smallest absolute Gasteiger partial charge is 0.338 e. The second kappa shape index (κ2) is 5.74. The minimum Gasteiger partial charge on any atom is -0.478 e. The van der Waals surface area contributed by atoms with Crippen LogP contribution in [0.4, 0.5) is 11.4 Å². The number of anilines is 1. The Kier molecular flexibility index (Phi) is 4.09. The number of nitrogens with two attached hydrogens (primary N) is 1. The van der Waals surface area contributed by atoms with Crippen molar-refractivity contribution in [1.29, 1.82) is 0 Å². The lowest BCUT2D eigenvalue weighted by Gasteiger charge is -2.19. The molecule has 3 N–H and O–H groups in total. The molecule has 1 aliphatic carbocycles. The molecule has 8 nitrogen and oxygen atoms in total. The Bertz CT molecular complexity index is 938. The second-order valence-corrected chi connectivity index (χ2v) is 4.87. The lowest BCUT2D eigenvalue weighted by molar-refractivity contribution is -0.385. The number of carbonyl (C=O) groups excluding carboxylic acids is 2. The van der Waals surface area contributed by atoms with E-state index in [9.17, 15) is 24.5 Å². The number of nitrogen functional groups attached to an aromatic ring is 1. The number of nitro groups is 1. The molecule has 24 heavy (non-hydrogen) atoms. The van der Waals surface area contributed by atoms with Gasteiger partial charge in [-0.3, -0.25) is 19.7 Å². The molecule has 0 aliphatic heterocycles. The largest absolute Gasteiger partial charge is 0.478 e. The molecule has 2 aromatic carbocycles. The molecule has 0 bridgehead atoms. The maximum atomic E-state index is 12.6. The number of ketones is 2. The summed E-state index contributed by atoms with van der Waals surface area (Å²) in [6, 6.07) is 6.52. The number of halogens is 1. The normalized spacial score (nSPS) is 12.0. The van der Waals surface area contributed by atoms with Crippen LogP contribution in [0.25, 0.3) is 0 Å². The number of hydrogen-bond donors (Lipinski definition) is 2. The lowest BCUT2D eigenvalue weighted by atomic mass is 9.81. The monoisotopic (exact) mass is 348 g/mol. The Morgan fingerprint density at radius 3 is 2.04 bits per heavy atom. The van der Waals surface area contributed by atoms with E-state index in [1.54, 1.807) is 0 Å². The van der Waals surface area contributed by atoms with Gasteiger partial charge in [-0.05, 0) is 0 Å². The number of carbonyl (C=O) groups is 3. The topological polar surface area (TPSA) is 141 Å². The van der Waals surface area contributed by atoms with Crippen molar-refractivity contribution in [2.75, 3.05) is 5.73 Å². The Hall–Kier alpha value is -3.26. The Labute approximate surface area is 140 Å². The van der Waals surface area contributed by atoms with Crippen LogP contribution >= 0.6 is 12.4 Å². The Balaban J connectivity index is 0.00000208. The number of fused-ring (bicyclic) bond motifs is 2. The highest BCUT2D eigenvalue weighted by molar-refractivity contribution is 6.32. The van der Waals surface area contributed by atoms with E-state index in [0.29, 0.717) is 6.07 Å². The van der Waals surface area contributed by atoms with Crippen LogP contribution in [0.5, 0.6) is 0 Å². The number of aromatic carboxylic acids is 1. The summed E-state index contributed by atoms with van der Waals surface area (Å²) in [4.78, 5) is 46.7. The summed E-state index contributed by atoms with van der Waals surface area (Å²) in [5.74, 6) is -2.96. The van der Waals surface area contributed by atoms with Crippen molar-refractivity contribution in [3.63, 3.8) is 0 Å². The minimum atomic E-state index is -1.52. The fraction of sp³-hybridized carbons (Fsp3) is 0. The van der Waals surface area contributed by atoms with Crippen molar-refractivity contribution in [1.82, 2.24) is 0 Å². The Morgan fingerprint density at radius 1 is 1.08 bits per heavy atom. The third kappa shape index (κ3) is 2.20. The molecule has 0 spiro atoms. The molecule has 122 valence electrons. The van der Waals surface area contributed by atoms with Crippen molar-refractivity contribution in [3.05, 3.63) is 68.3 Å². The van der Waals surface area contributed by atoms with E-state index in [4.69, 9.17) is 10.8 Å². The number of rotatable bonds is 2. The first-order valence-electron chi connectivity index (χ1n) is 6.37. The van der Waals surface area contributed by atoms with Crippen molar-refractivity contribution >= 4 is 41.3 Å². The third-order valence-corrected chi connectivity index (χ3v) is 3.64. The molecule has 0 radical (unpaired) electrons. The zero-order valence-corrected chi connectivity index (χ0v) is 12.6. The molecule has 3 rings (SSSR count). The van der Waals surface area contributed by atoms with Crippen LogP contribution < -0.4 is 5.73 Å². The van der Waals surface area contributed by atoms with E-state index in [0.717, 1.165) is 0 Å². The maximum absolute atomic E-state index is 12.6. The highest BCUT2D eigenvalue weighted by Gasteiger charge is 2.39. The predicted molar refractivity (Wildman–Crippen MR) is 85.0 cm³/mol. The number of nitro benzene ring substituents is 1. The summed E-state index contributed by atoms with van der Waals surface area (Å²) in [5.41, 5.74) is 3.07. The highest BCUT2D eigenvalue weighted by Crippen LogP contribution is 2.38. The standard InChI is InChI=1S/C15H8N2O6.ClH/c16-12-8(15(20)21)5-9(17(22)23)10-11(12)14(19)7-4-2-1-3-6(7)13(10)18;/h1-5H,16H2,(H,20,21);1H. The van der Waals surface area contributed by atoms with E-state index in [-0.39, 0.29) is 23.5 Å². The van der Waals surface area contributed by atoms with Gasteiger partial charge in [-0.1, -0.05) is 24.3 Å². The molecule has 0 fully saturated rings. The van der Waals surface area contributed by atoms with Crippen LogP contribution in [0.3, 0.4) is 0 Å². The van der Waals surface area contributed by atoms with Crippen LogP contribution in [0.2, 0.25) is 0 Å². The third-order valence-electron chi connectivity index (χ3n) is 3.64. The average Bonchev–Trinajstić information content (AvgIpc) is 2.51. The summed E-state index contributed by atoms with van der Waals surface area (Å²) in [5, 5.41) is 20.4. The van der Waals surface area contributed by atoms with Gasteiger partial charge in [-0.2, -0.15) is 0 Å². The predicted octanol–water partition coefficient (Wildman–Crippen LogP) is 2.07. The first kappa shape index (κ1) is 17.1. The van der Waals surface area contributed by atoms with Crippen molar-refractivity contribution in [2.45, 2.75) is 0 Å².